The number of piperazine rings is 1. The van der Waals surface area contributed by atoms with E-state index in [1.807, 2.05) is 18.2 Å². The summed E-state index contributed by atoms with van der Waals surface area (Å²) in [5.74, 6) is 1.28. The summed E-state index contributed by atoms with van der Waals surface area (Å²) in [4.78, 5) is 24.9. The van der Waals surface area contributed by atoms with Crippen molar-refractivity contribution in [2.45, 2.75) is 0 Å². The minimum absolute atomic E-state index is 0. The topological polar surface area (TPSA) is 91.8 Å². The van der Waals surface area contributed by atoms with Crippen LogP contribution >= 0.6 is 28.6 Å². The summed E-state index contributed by atoms with van der Waals surface area (Å²) in [5, 5.41) is 6.11. The van der Waals surface area contributed by atoms with Crippen molar-refractivity contribution < 1.29 is 14.3 Å². The number of carbonyl (C=O) groups is 1. The lowest BCUT2D eigenvalue weighted by Gasteiger charge is -2.34. The average molecular weight is 576 g/mol. The van der Waals surface area contributed by atoms with Crippen LogP contribution in [-0.4, -0.2) is 61.1 Å². The molecule has 1 fully saturated rings. The highest BCUT2D eigenvalue weighted by Crippen LogP contribution is 2.34. The molecule has 190 valence electrons. The molecule has 1 amide bonds. The van der Waals surface area contributed by atoms with Crippen molar-refractivity contribution in [3.63, 3.8) is 0 Å². The first-order valence-electron chi connectivity index (χ1n) is 11.1. The predicted molar refractivity (Wildman–Crippen MR) is 149 cm³/mol. The van der Waals surface area contributed by atoms with Crippen LogP contribution in [0.4, 0.5) is 23.0 Å². The maximum Gasteiger partial charge on any atom is 0.247 e. The largest absolute Gasteiger partial charge is 0.494 e. The third-order valence-corrected chi connectivity index (χ3v) is 5.77. The average Bonchev–Trinajstić information content (AvgIpc) is 2.87. The molecule has 0 unspecified atom stereocenters. The van der Waals surface area contributed by atoms with Crippen molar-refractivity contribution in [3.8, 4) is 17.4 Å². The highest BCUT2D eigenvalue weighted by Gasteiger charge is 2.17. The van der Waals surface area contributed by atoms with Crippen molar-refractivity contribution in [1.29, 1.82) is 0 Å². The maximum atomic E-state index is 11.6. The molecular weight excluding hydrogens is 548 g/mol. The van der Waals surface area contributed by atoms with Crippen LogP contribution in [0, 0.1) is 0 Å². The van der Waals surface area contributed by atoms with Crippen molar-refractivity contribution >= 4 is 57.5 Å². The van der Waals surface area contributed by atoms with Crippen molar-refractivity contribution in [2.75, 3.05) is 55.9 Å². The Morgan fingerprint density at radius 3 is 2.67 bits per heavy atom. The molecule has 4 rings (SSSR count). The standard InChI is InChI=1S/C25H27ClN6O3.BrH/c1-4-23(33)28-17-6-5-7-19(14-17)35-24-20(26)16-27-25(30-24)29-21-9-8-18(15-22(21)34-3)32-12-10-31(2)11-13-32;/h4-9,14-16H,1,10-13H2,2-3H3,(H,28,33)(H,27,29,30);1H. The second-order valence-electron chi connectivity index (χ2n) is 7.97. The summed E-state index contributed by atoms with van der Waals surface area (Å²) >= 11 is 6.28. The molecule has 0 radical (unpaired) electrons. The minimum atomic E-state index is -0.318. The van der Waals surface area contributed by atoms with Crippen molar-refractivity contribution in [2.24, 2.45) is 0 Å². The van der Waals surface area contributed by atoms with Gasteiger partial charge in [-0.2, -0.15) is 4.98 Å². The van der Waals surface area contributed by atoms with Crippen molar-refractivity contribution in [1.82, 2.24) is 14.9 Å². The van der Waals surface area contributed by atoms with E-state index in [0.717, 1.165) is 31.9 Å². The third kappa shape index (κ3) is 6.87. The number of nitrogens with zero attached hydrogens (tertiary/aromatic N) is 4. The Morgan fingerprint density at radius 1 is 1.17 bits per heavy atom. The number of hydrogen-bond acceptors (Lipinski definition) is 8. The van der Waals surface area contributed by atoms with E-state index in [0.29, 0.717) is 28.8 Å². The number of methoxy groups -OCH3 is 1. The van der Waals surface area contributed by atoms with Gasteiger partial charge in [-0.15, -0.1) is 17.0 Å². The molecule has 0 bridgehead atoms. The van der Waals surface area contributed by atoms with E-state index in [2.05, 4.69) is 44.0 Å². The summed E-state index contributed by atoms with van der Waals surface area (Å²) in [6, 6.07) is 12.9. The van der Waals surface area contributed by atoms with Gasteiger partial charge in [-0.25, -0.2) is 4.98 Å². The highest BCUT2D eigenvalue weighted by atomic mass is 79.9. The molecule has 2 heterocycles. The number of benzene rings is 2. The number of anilines is 4. The Hall–Kier alpha value is -3.34. The molecular formula is C25H28BrClN6O3. The number of ether oxygens (including phenoxy) is 2. The molecule has 0 spiro atoms. The van der Waals surface area contributed by atoms with Crippen LogP contribution in [0.1, 0.15) is 0 Å². The molecule has 2 N–H and O–H groups in total. The first-order chi connectivity index (χ1) is 16.9. The second-order valence-corrected chi connectivity index (χ2v) is 8.38. The zero-order valence-electron chi connectivity index (χ0n) is 20.0. The van der Waals surface area contributed by atoms with Crippen LogP contribution in [0.25, 0.3) is 0 Å². The Bertz CT molecular complexity index is 1220. The fourth-order valence-electron chi connectivity index (χ4n) is 3.59. The number of rotatable bonds is 8. The molecule has 11 heteroatoms. The number of halogens is 2. The number of nitrogens with one attached hydrogen (secondary N) is 2. The number of carbonyl (C=O) groups excluding carboxylic acids is 1. The first kappa shape index (κ1) is 27.3. The van der Waals surface area contributed by atoms with E-state index in [4.69, 9.17) is 21.1 Å². The zero-order chi connectivity index (χ0) is 24.8. The summed E-state index contributed by atoms with van der Waals surface area (Å²) in [6.07, 6.45) is 2.65. The van der Waals surface area contributed by atoms with E-state index in [1.54, 1.807) is 31.4 Å². The SMILES string of the molecule is Br.C=CC(=O)Nc1cccc(Oc2nc(Nc3ccc(N4CCN(C)CC4)cc3OC)ncc2Cl)c1. The maximum absolute atomic E-state index is 11.6. The summed E-state index contributed by atoms with van der Waals surface area (Å²) in [7, 11) is 3.76. The van der Waals surface area contributed by atoms with E-state index < -0.39 is 0 Å². The molecule has 36 heavy (non-hydrogen) atoms. The molecule has 1 aliphatic heterocycles. The lowest BCUT2D eigenvalue weighted by molar-refractivity contribution is -0.111. The molecule has 1 saturated heterocycles. The van der Waals surface area contributed by atoms with Gasteiger partial charge in [0.2, 0.25) is 17.7 Å². The minimum Gasteiger partial charge on any atom is -0.494 e. The van der Waals surface area contributed by atoms with E-state index in [1.165, 1.54) is 12.3 Å². The highest BCUT2D eigenvalue weighted by molar-refractivity contribution is 8.93. The summed E-state index contributed by atoms with van der Waals surface area (Å²) in [6.45, 7) is 7.42. The van der Waals surface area contributed by atoms with Gasteiger partial charge < -0.3 is 29.9 Å². The van der Waals surface area contributed by atoms with Crippen molar-refractivity contribution in [3.05, 3.63) is 66.3 Å². The Balaban J connectivity index is 0.00000361. The number of aromatic nitrogens is 2. The molecule has 0 saturated carbocycles. The first-order valence-corrected chi connectivity index (χ1v) is 11.5. The van der Waals surface area contributed by atoms with Crippen LogP contribution in [0.2, 0.25) is 5.02 Å². The van der Waals surface area contributed by atoms with Crippen LogP contribution in [-0.2, 0) is 4.79 Å². The van der Waals surface area contributed by atoms with Gasteiger partial charge in [-0.3, -0.25) is 4.79 Å². The Labute approximate surface area is 225 Å². The van der Waals surface area contributed by atoms with Gasteiger partial charge in [-0.05, 0) is 37.4 Å². The van der Waals surface area contributed by atoms with Crippen LogP contribution in [0.3, 0.4) is 0 Å². The van der Waals surface area contributed by atoms with Gasteiger partial charge in [0, 0.05) is 49.7 Å². The quantitative estimate of drug-likeness (QED) is 0.357. The monoisotopic (exact) mass is 574 g/mol. The Kier molecular flexibility index (Phi) is 9.51. The van der Waals surface area contributed by atoms with Crippen LogP contribution in [0.5, 0.6) is 17.4 Å². The number of hydrogen-bond donors (Lipinski definition) is 2. The molecule has 9 nitrogen and oxygen atoms in total. The van der Waals surface area contributed by atoms with Gasteiger partial charge in [0.05, 0.1) is 19.0 Å². The third-order valence-electron chi connectivity index (χ3n) is 5.51. The van der Waals surface area contributed by atoms with Gasteiger partial charge in [0.1, 0.15) is 16.5 Å². The molecule has 0 atom stereocenters. The van der Waals surface area contributed by atoms with Gasteiger partial charge in [0.25, 0.3) is 0 Å². The Morgan fingerprint density at radius 2 is 1.94 bits per heavy atom. The zero-order valence-corrected chi connectivity index (χ0v) is 22.5. The smallest absolute Gasteiger partial charge is 0.247 e. The fraction of sp³-hybridized carbons (Fsp3) is 0.240. The summed E-state index contributed by atoms with van der Waals surface area (Å²) < 4.78 is 11.5. The second kappa shape index (κ2) is 12.6. The summed E-state index contributed by atoms with van der Waals surface area (Å²) in [5.41, 5.74) is 2.37. The van der Waals surface area contributed by atoms with E-state index >= 15 is 0 Å². The lowest BCUT2D eigenvalue weighted by Crippen LogP contribution is -2.44. The number of amides is 1. The fourth-order valence-corrected chi connectivity index (χ4v) is 3.72. The molecule has 3 aromatic rings. The van der Waals surface area contributed by atoms with Gasteiger partial charge in [-0.1, -0.05) is 24.2 Å². The molecule has 0 aliphatic carbocycles. The van der Waals surface area contributed by atoms with E-state index in [-0.39, 0.29) is 33.8 Å². The molecule has 2 aromatic carbocycles. The molecule has 1 aliphatic rings. The van der Waals surface area contributed by atoms with Crippen LogP contribution < -0.4 is 25.0 Å². The van der Waals surface area contributed by atoms with Gasteiger partial charge in [0.15, 0.2) is 0 Å². The normalized spacial score (nSPS) is 13.4. The number of likely N-dealkylation sites (N-methyl/N-ethyl adjacent to an activating group) is 1. The van der Waals surface area contributed by atoms with Crippen LogP contribution in [0.15, 0.2) is 61.3 Å². The lowest BCUT2D eigenvalue weighted by atomic mass is 10.2. The predicted octanol–water partition coefficient (Wildman–Crippen LogP) is 5.13. The van der Waals surface area contributed by atoms with E-state index in [9.17, 15) is 4.79 Å². The van der Waals surface area contributed by atoms with Gasteiger partial charge >= 0.3 is 0 Å². The molecule has 1 aromatic heterocycles.